The summed E-state index contributed by atoms with van der Waals surface area (Å²) < 4.78 is 14.9. The lowest BCUT2D eigenvalue weighted by molar-refractivity contribution is 0.576. The van der Waals surface area contributed by atoms with Crippen LogP contribution in [0.15, 0.2) is 12.3 Å². The number of pyridine rings is 1. The molecule has 1 aliphatic rings. The summed E-state index contributed by atoms with van der Waals surface area (Å²) in [4.78, 5) is 19.1. The Labute approximate surface area is 148 Å². The quantitative estimate of drug-likeness (QED) is 0.741. The molecular formula is C16H18FN7S. The minimum absolute atomic E-state index is 0.180. The maximum absolute atomic E-state index is 14.2. The van der Waals surface area contributed by atoms with Gasteiger partial charge in [-0.25, -0.2) is 19.3 Å². The highest BCUT2D eigenvalue weighted by Gasteiger charge is 2.19. The first-order valence-electron chi connectivity index (χ1n) is 8.18. The Hall–Kier alpha value is -2.55. The van der Waals surface area contributed by atoms with Gasteiger partial charge >= 0.3 is 0 Å². The molecule has 0 saturated carbocycles. The van der Waals surface area contributed by atoms with E-state index in [4.69, 9.17) is 5.73 Å². The Morgan fingerprint density at radius 2 is 2.00 bits per heavy atom. The molecule has 4 heterocycles. The van der Waals surface area contributed by atoms with E-state index in [0.29, 0.717) is 21.9 Å². The molecular weight excluding hydrogens is 341 g/mol. The highest BCUT2D eigenvalue weighted by atomic mass is 32.1. The molecule has 3 aromatic heterocycles. The molecule has 3 N–H and O–H groups in total. The van der Waals surface area contributed by atoms with Crippen molar-refractivity contribution in [3.8, 4) is 0 Å². The number of piperidine rings is 1. The van der Waals surface area contributed by atoms with Gasteiger partial charge in [-0.3, -0.25) is 0 Å². The standard InChI is InChI=1S/C16H18FN7S/c1-9-7-11(22-15(18)20-9)21-14-13-12(10(17)8-19-14)23-16(25-13)24-5-3-2-4-6-24/h7-8H,2-6H2,1H3,(H3,18,19,20,21,22). The average Bonchev–Trinajstić information content (AvgIpc) is 3.04. The van der Waals surface area contributed by atoms with Crippen molar-refractivity contribution in [1.29, 1.82) is 0 Å². The van der Waals surface area contributed by atoms with Gasteiger partial charge in [0.15, 0.2) is 16.8 Å². The van der Waals surface area contributed by atoms with Crippen LogP contribution in [0, 0.1) is 12.7 Å². The molecule has 1 aliphatic heterocycles. The lowest BCUT2D eigenvalue weighted by Gasteiger charge is -2.25. The number of anilines is 4. The van der Waals surface area contributed by atoms with Crippen LogP contribution in [0.2, 0.25) is 0 Å². The van der Waals surface area contributed by atoms with Crippen LogP contribution in [0.1, 0.15) is 25.0 Å². The van der Waals surface area contributed by atoms with Crippen molar-refractivity contribution in [3.05, 3.63) is 23.8 Å². The molecule has 0 aliphatic carbocycles. The van der Waals surface area contributed by atoms with Crippen LogP contribution in [-0.4, -0.2) is 33.0 Å². The third kappa shape index (κ3) is 3.19. The first-order valence-corrected chi connectivity index (χ1v) is 9.00. The molecule has 9 heteroatoms. The Bertz CT molecular complexity index is 900. The largest absolute Gasteiger partial charge is 0.368 e. The lowest BCUT2D eigenvalue weighted by atomic mass is 10.1. The number of aryl methyl sites for hydroxylation is 1. The van der Waals surface area contributed by atoms with E-state index in [9.17, 15) is 4.39 Å². The minimum atomic E-state index is -0.418. The summed E-state index contributed by atoms with van der Waals surface area (Å²) in [6.45, 7) is 3.75. The second-order valence-corrected chi connectivity index (χ2v) is 7.03. The second-order valence-electron chi connectivity index (χ2n) is 6.05. The number of halogens is 1. The fourth-order valence-corrected chi connectivity index (χ4v) is 4.03. The number of nitrogen functional groups attached to an aromatic ring is 1. The van der Waals surface area contributed by atoms with Crippen molar-refractivity contribution in [2.75, 3.05) is 29.0 Å². The van der Waals surface area contributed by atoms with Crippen LogP contribution >= 0.6 is 11.3 Å². The number of aromatic nitrogens is 4. The maximum Gasteiger partial charge on any atom is 0.222 e. The molecule has 0 bridgehead atoms. The van der Waals surface area contributed by atoms with Crippen molar-refractivity contribution >= 4 is 44.3 Å². The fraction of sp³-hybridized carbons (Fsp3) is 0.375. The summed E-state index contributed by atoms with van der Waals surface area (Å²) in [7, 11) is 0. The van der Waals surface area contributed by atoms with E-state index in [1.807, 2.05) is 6.92 Å². The predicted molar refractivity (Wildman–Crippen MR) is 97.9 cm³/mol. The maximum atomic E-state index is 14.2. The molecule has 7 nitrogen and oxygen atoms in total. The van der Waals surface area contributed by atoms with E-state index >= 15 is 0 Å². The Morgan fingerprint density at radius 3 is 2.76 bits per heavy atom. The zero-order valence-corrected chi connectivity index (χ0v) is 14.6. The first kappa shape index (κ1) is 15.9. The van der Waals surface area contributed by atoms with E-state index in [1.165, 1.54) is 24.0 Å². The fourth-order valence-electron chi connectivity index (χ4n) is 2.96. The molecule has 4 rings (SSSR count). The number of thiazole rings is 1. The average molecular weight is 359 g/mol. The number of fused-ring (bicyclic) bond motifs is 1. The van der Waals surface area contributed by atoms with Crippen molar-refractivity contribution in [3.63, 3.8) is 0 Å². The molecule has 0 spiro atoms. The van der Waals surface area contributed by atoms with Crippen molar-refractivity contribution < 1.29 is 4.39 Å². The van der Waals surface area contributed by atoms with Crippen molar-refractivity contribution in [2.24, 2.45) is 0 Å². The van der Waals surface area contributed by atoms with Gasteiger partial charge in [0.1, 0.15) is 16.0 Å². The molecule has 130 valence electrons. The molecule has 0 radical (unpaired) electrons. The predicted octanol–water partition coefficient (Wildman–Crippen LogP) is 3.24. The summed E-state index contributed by atoms with van der Waals surface area (Å²) >= 11 is 1.45. The van der Waals surface area contributed by atoms with Gasteiger partial charge in [-0.2, -0.15) is 4.98 Å². The third-order valence-corrected chi connectivity index (χ3v) is 5.23. The van der Waals surface area contributed by atoms with E-state index < -0.39 is 5.82 Å². The number of nitrogens with one attached hydrogen (secondary N) is 1. The summed E-state index contributed by atoms with van der Waals surface area (Å²) in [6.07, 6.45) is 4.70. The molecule has 25 heavy (non-hydrogen) atoms. The van der Waals surface area contributed by atoms with Gasteiger partial charge < -0.3 is 16.0 Å². The lowest BCUT2D eigenvalue weighted by Crippen LogP contribution is -2.29. The number of rotatable bonds is 3. The molecule has 0 unspecified atom stereocenters. The van der Waals surface area contributed by atoms with E-state index in [2.05, 4.69) is 30.2 Å². The Balaban J connectivity index is 1.73. The Kier molecular flexibility index (Phi) is 4.08. The molecule has 0 amide bonds. The number of hydrogen-bond acceptors (Lipinski definition) is 8. The minimum Gasteiger partial charge on any atom is -0.368 e. The van der Waals surface area contributed by atoms with Gasteiger partial charge in [0.25, 0.3) is 0 Å². The van der Waals surface area contributed by atoms with Crippen LogP contribution in [0.25, 0.3) is 10.2 Å². The summed E-state index contributed by atoms with van der Waals surface area (Å²) in [6, 6.07) is 1.76. The molecule has 0 aromatic carbocycles. The smallest absolute Gasteiger partial charge is 0.222 e. The van der Waals surface area contributed by atoms with E-state index in [1.54, 1.807) is 6.07 Å². The van der Waals surface area contributed by atoms with Crippen LogP contribution in [-0.2, 0) is 0 Å². The van der Waals surface area contributed by atoms with Gasteiger partial charge in [-0.05, 0) is 26.2 Å². The monoisotopic (exact) mass is 359 g/mol. The van der Waals surface area contributed by atoms with Crippen LogP contribution in [0.5, 0.6) is 0 Å². The second kappa shape index (κ2) is 6.40. The van der Waals surface area contributed by atoms with Gasteiger partial charge in [0, 0.05) is 24.8 Å². The molecule has 1 fully saturated rings. The summed E-state index contributed by atoms with van der Waals surface area (Å²) in [5.41, 5.74) is 6.77. The topological polar surface area (TPSA) is 92.9 Å². The first-order chi connectivity index (χ1) is 12.1. The van der Waals surface area contributed by atoms with E-state index in [-0.39, 0.29) is 5.95 Å². The number of hydrogen-bond donors (Lipinski definition) is 2. The van der Waals surface area contributed by atoms with Gasteiger partial charge in [0.05, 0.1) is 6.20 Å². The normalized spacial score (nSPS) is 14.9. The SMILES string of the molecule is Cc1cc(Nc2ncc(F)c3nc(N4CCCCC4)sc23)nc(N)n1. The number of nitrogens with zero attached hydrogens (tertiary/aromatic N) is 5. The highest BCUT2D eigenvalue weighted by Crippen LogP contribution is 2.36. The third-order valence-electron chi connectivity index (χ3n) is 4.11. The summed E-state index contributed by atoms with van der Waals surface area (Å²) in [5, 5.41) is 3.95. The highest BCUT2D eigenvalue weighted by molar-refractivity contribution is 7.22. The van der Waals surface area contributed by atoms with Crippen LogP contribution in [0.4, 0.5) is 27.1 Å². The molecule has 3 aromatic rings. The van der Waals surface area contributed by atoms with Crippen LogP contribution in [0.3, 0.4) is 0 Å². The van der Waals surface area contributed by atoms with E-state index in [0.717, 1.165) is 36.8 Å². The number of nitrogens with two attached hydrogens (primary N) is 1. The molecule has 0 atom stereocenters. The molecule has 1 saturated heterocycles. The van der Waals surface area contributed by atoms with Gasteiger partial charge in [-0.15, -0.1) is 0 Å². The van der Waals surface area contributed by atoms with Gasteiger partial charge in [-0.1, -0.05) is 11.3 Å². The van der Waals surface area contributed by atoms with Crippen LogP contribution < -0.4 is 16.0 Å². The Morgan fingerprint density at radius 1 is 1.20 bits per heavy atom. The zero-order chi connectivity index (χ0) is 17.4. The zero-order valence-electron chi connectivity index (χ0n) is 13.8. The van der Waals surface area contributed by atoms with Gasteiger partial charge in [0.2, 0.25) is 5.95 Å². The summed E-state index contributed by atoms with van der Waals surface area (Å²) in [5.74, 6) is 0.811. The van der Waals surface area contributed by atoms with Crippen molar-refractivity contribution in [2.45, 2.75) is 26.2 Å². The van der Waals surface area contributed by atoms with Crippen molar-refractivity contribution in [1.82, 2.24) is 19.9 Å².